The third-order valence-electron chi connectivity index (χ3n) is 5.36. The lowest BCUT2D eigenvalue weighted by molar-refractivity contribution is 0.552. The van der Waals surface area contributed by atoms with E-state index in [0.29, 0.717) is 30.9 Å². The Morgan fingerprint density at radius 1 is 0.903 bits per heavy atom. The van der Waals surface area contributed by atoms with Gasteiger partial charge in [-0.05, 0) is 43.0 Å². The Morgan fingerprint density at radius 3 is 2.55 bits per heavy atom. The van der Waals surface area contributed by atoms with Gasteiger partial charge in [0.1, 0.15) is 11.6 Å². The molecule has 158 valence electrons. The van der Waals surface area contributed by atoms with Crippen molar-refractivity contribution in [3.8, 4) is 0 Å². The lowest BCUT2D eigenvalue weighted by Gasteiger charge is -2.27. The molecule has 0 saturated carbocycles. The fourth-order valence-corrected chi connectivity index (χ4v) is 3.74. The van der Waals surface area contributed by atoms with Crippen molar-refractivity contribution in [3.63, 3.8) is 0 Å². The molecule has 0 bridgehead atoms. The Labute approximate surface area is 181 Å². The highest BCUT2D eigenvalue weighted by molar-refractivity contribution is 6.09. The summed E-state index contributed by atoms with van der Waals surface area (Å²) in [5, 5.41) is 6.59. The van der Waals surface area contributed by atoms with Crippen LogP contribution in [0.4, 0.5) is 17.8 Å². The van der Waals surface area contributed by atoms with Gasteiger partial charge in [0.05, 0.1) is 12.8 Å². The standard InChI is InChI=1S/C23H25N7O/c1-3-8-17(9-4-1)15-25-21-27-22(29-23(28-21)30-11-5-2-6-12-30)26-20-14-18(16-24-20)19-10-7-13-31-19/h1,3-4,7-10,13-14H,2,5-6,11-12,15-16H2,(H2,24,25,26,27,28,29). The molecule has 0 radical (unpaired) electrons. The van der Waals surface area contributed by atoms with Gasteiger partial charge in [-0.2, -0.15) is 15.0 Å². The van der Waals surface area contributed by atoms with E-state index in [0.717, 1.165) is 43.1 Å². The fourth-order valence-electron chi connectivity index (χ4n) is 3.74. The number of furan rings is 1. The molecule has 2 aliphatic rings. The largest absolute Gasteiger partial charge is 0.465 e. The first kappa shape index (κ1) is 19.3. The van der Waals surface area contributed by atoms with Crippen LogP contribution < -0.4 is 15.5 Å². The van der Waals surface area contributed by atoms with Crippen molar-refractivity contribution in [1.29, 1.82) is 0 Å². The molecule has 3 aromatic rings. The van der Waals surface area contributed by atoms with E-state index in [2.05, 4.69) is 47.6 Å². The van der Waals surface area contributed by atoms with Gasteiger partial charge in [-0.25, -0.2) is 0 Å². The number of amidine groups is 1. The molecule has 0 unspecified atom stereocenters. The van der Waals surface area contributed by atoms with Gasteiger partial charge in [-0.3, -0.25) is 4.99 Å². The summed E-state index contributed by atoms with van der Waals surface area (Å²) in [5.74, 6) is 3.28. The molecular formula is C23H25N7O. The third kappa shape index (κ3) is 4.74. The van der Waals surface area contributed by atoms with Crippen molar-refractivity contribution in [1.82, 2.24) is 15.0 Å². The highest BCUT2D eigenvalue weighted by Gasteiger charge is 2.18. The van der Waals surface area contributed by atoms with E-state index in [-0.39, 0.29) is 0 Å². The molecule has 0 atom stereocenters. The third-order valence-corrected chi connectivity index (χ3v) is 5.36. The lowest BCUT2D eigenvalue weighted by Crippen LogP contribution is -2.31. The molecule has 2 N–H and O–H groups in total. The maximum atomic E-state index is 5.48. The number of aliphatic imine (C=N–C) groups is 1. The summed E-state index contributed by atoms with van der Waals surface area (Å²) in [6.07, 6.45) is 7.21. The number of hydrogen-bond donors (Lipinski definition) is 2. The number of rotatable bonds is 6. The number of aromatic nitrogens is 3. The minimum atomic E-state index is 0.488. The maximum absolute atomic E-state index is 5.48. The number of hydrogen-bond acceptors (Lipinski definition) is 8. The van der Waals surface area contributed by atoms with Gasteiger partial charge >= 0.3 is 0 Å². The SMILES string of the molecule is C1=C(c2ccco2)CN=C1Nc1nc(NCc2ccccc2)nc(N2CCCCC2)n1. The highest BCUT2D eigenvalue weighted by Crippen LogP contribution is 2.22. The van der Waals surface area contributed by atoms with Crippen LogP contribution in [0.5, 0.6) is 0 Å². The average Bonchev–Trinajstić information content (AvgIpc) is 3.51. The Bertz CT molecular complexity index is 1070. The van der Waals surface area contributed by atoms with Crippen molar-refractivity contribution < 1.29 is 4.42 Å². The first-order chi connectivity index (χ1) is 15.3. The van der Waals surface area contributed by atoms with Crippen molar-refractivity contribution >= 4 is 29.3 Å². The van der Waals surface area contributed by atoms with Crippen LogP contribution in [0.3, 0.4) is 0 Å². The molecule has 0 amide bonds. The minimum Gasteiger partial charge on any atom is -0.465 e. The molecule has 5 rings (SSSR count). The van der Waals surface area contributed by atoms with Crippen molar-refractivity contribution in [2.75, 3.05) is 35.2 Å². The van der Waals surface area contributed by atoms with E-state index in [9.17, 15) is 0 Å². The summed E-state index contributed by atoms with van der Waals surface area (Å²) in [5.41, 5.74) is 2.20. The second kappa shape index (κ2) is 8.99. The second-order valence-corrected chi connectivity index (χ2v) is 7.64. The molecule has 8 heteroatoms. The number of nitrogens with one attached hydrogen (secondary N) is 2. The van der Waals surface area contributed by atoms with Crippen LogP contribution in [0.1, 0.15) is 30.6 Å². The number of anilines is 3. The first-order valence-corrected chi connectivity index (χ1v) is 10.7. The van der Waals surface area contributed by atoms with E-state index in [4.69, 9.17) is 4.42 Å². The first-order valence-electron chi connectivity index (χ1n) is 10.7. The van der Waals surface area contributed by atoms with Gasteiger partial charge in [0.15, 0.2) is 0 Å². The van der Waals surface area contributed by atoms with Crippen LogP contribution in [0, 0.1) is 0 Å². The molecule has 1 saturated heterocycles. The molecule has 8 nitrogen and oxygen atoms in total. The molecule has 4 heterocycles. The molecule has 31 heavy (non-hydrogen) atoms. The predicted octanol–water partition coefficient (Wildman–Crippen LogP) is 3.97. The summed E-state index contributed by atoms with van der Waals surface area (Å²) in [4.78, 5) is 20.7. The second-order valence-electron chi connectivity index (χ2n) is 7.64. The molecule has 1 aromatic carbocycles. The summed E-state index contributed by atoms with van der Waals surface area (Å²) >= 11 is 0. The van der Waals surface area contributed by atoms with Gasteiger partial charge in [0.2, 0.25) is 17.8 Å². The minimum absolute atomic E-state index is 0.488. The Kier molecular flexibility index (Phi) is 5.60. The fraction of sp³-hybridized carbons (Fsp3) is 0.304. The number of piperidine rings is 1. The molecule has 0 aliphatic carbocycles. The summed E-state index contributed by atoms with van der Waals surface area (Å²) < 4.78 is 5.48. The number of benzene rings is 1. The topological polar surface area (TPSA) is 91.5 Å². The van der Waals surface area contributed by atoms with E-state index in [1.165, 1.54) is 12.0 Å². The van der Waals surface area contributed by atoms with Crippen molar-refractivity contribution in [2.45, 2.75) is 25.8 Å². The summed E-state index contributed by atoms with van der Waals surface area (Å²) in [7, 11) is 0. The van der Waals surface area contributed by atoms with Crippen molar-refractivity contribution in [2.24, 2.45) is 4.99 Å². The van der Waals surface area contributed by atoms with Crippen LogP contribution in [0.25, 0.3) is 5.57 Å². The molecule has 2 aliphatic heterocycles. The van der Waals surface area contributed by atoms with Crippen LogP contribution >= 0.6 is 0 Å². The Balaban J connectivity index is 1.36. The van der Waals surface area contributed by atoms with Crippen molar-refractivity contribution in [3.05, 3.63) is 66.1 Å². The van der Waals surface area contributed by atoms with E-state index >= 15 is 0 Å². The Hall–Kier alpha value is -3.68. The average molecular weight is 416 g/mol. The van der Waals surface area contributed by atoms with Crippen LogP contribution in [-0.2, 0) is 6.54 Å². The zero-order valence-corrected chi connectivity index (χ0v) is 17.3. The van der Waals surface area contributed by atoms with Gasteiger partial charge < -0.3 is 20.0 Å². The van der Waals surface area contributed by atoms with Crippen LogP contribution in [0.2, 0.25) is 0 Å². The quantitative estimate of drug-likeness (QED) is 0.629. The predicted molar refractivity (Wildman–Crippen MR) is 122 cm³/mol. The monoisotopic (exact) mass is 415 g/mol. The maximum Gasteiger partial charge on any atom is 0.234 e. The zero-order chi connectivity index (χ0) is 20.9. The summed E-state index contributed by atoms with van der Waals surface area (Å²) in [6.45, 7) is 3.14. The van der Waals surface area contributed by atoms with E-state index < -0.39 is 0 Å². The zero-order valence-electron chi connectivity index (χ0n) is 17.3. The molecule has 0 spiro atoms. The van der Waals surface area contributed by atoms with Gasteiger partial charge in [-0.1, -0.05) is 30.3 Å². The van der Waals surface area contributed by atoms with E-state index in [1.807, 2.05) is 36.4 Å². The highest BCUT2D eigenvalue weighted by atomic mass is 16.3. The van der Waals surface area contributed by atoms with Gasteiger partial charge in [0.25, 0.3) is 0 Å². The Morgan fingerprint density at radius 2 is 1.74 bits per heavy atom. The van der Waals surface area contributed by atoms with E-state index in [1.54, 1.807) is 6.26 Å². The smallest absolute Gasteiger partial charge is 0.234 e. The molecular weight excluding hydrogens is 390 g/mol. The normalized spacial score (nSPS) is 16.1. The lowest BCUT2D eigenvalue weighted by atomic mass is 10.1. The van der Waals surface area contributed by atoms with Crippen LogP contribution in [0.15, 0.2) is 64.2 Å². The molecule has 1 fully saturated rings. The van der Waals surface area contributed by atoms with Gasteiger partial charge in [0, 0.05) is 25.2 Å². The van der Waals surface area contributed by atoms with Gasteiger partial charge in [-0.15, -0.1) is 0 Å². The molecule has 2 aromatic heterocycles. The van der Waals surface area contributed by atoms with Crippen LogP contribution in [-0.4, -0.2) is 40.4 Å². The summed E-state index contributed by atoms with van der Waals surface area (Å²) in [6, 6.07) is 14.0. The number of nitrogens with zero attached hydrogens (tertiary/aromatic N) is 5.